The summed E-state index contributed by atoms with van der Waals surface area (Å²) in [7, 11) is 0. The van der Waals surface area contributed by atoms with Gasteiger partial charge in [-0.15, -0.1) is 0 Å². The van der Waals surface area contributed by atoms with E-state index in [2.05, 4.69) is 37.6 Å². The van der Waals surface area contributed by atoms with Crippen LogP contribution in [0.3, 0.4) is 0 Å². The van der Waals surface area contributed by atoms with Gasteiger partial charge >= 0.3 is 0 Å². The second-order valence-electron chi connectivity index (χ2n) is 9.94. The lowest BCUT2D eigenvalue weighted by molar-refractivity contribution is -0.122. The molecule has 0 atom stereocenters. The third-order valence-electron chi connectivity index (χ3n) is 6.27. The van der Waals surface area contributed by atoms with E-state index < -0.39 is 0 Å². The van der Waals surface area contributed by atoms with Crippen LogP contribution in [0.2, 0.25) is 0 Å². The molecular weight excluding hydrogens is 432 g/mol. The normalized spacial score (nSPS) is 13.9. The third-order valence-corrected chi connectivity index (χ3v) is 6.27. The van der Waals surface area contributed by atoms with Crippen LogP contribution in [0, 0.1) is 11.8 Å². The Morgan fingerprint density at radius 3 is 2.26 bits per heavy atom. The second-order valence-corrected chi connectivity index (χ2v) is 9.94. The molecule has 0 radical (unpaired) electrons. The fraction of sp³-hybridized carbons (Fsp3) is 0.654. The zero-order valence-corrected chi connectivity index (χ0v) is 21.2. The fourth-order valence-corrected chi connectivity index (χ4v) is 4.24. The summed E-state index contributed by atoms with van der Waals surface area (Å²) in [5.74, 6) is 1.27. The van der Waals surface area contributed by atoms with Crippen LogP contribution in [0.25, 0.3) is 5.65 Å². The predicted octanol–water partition coefficient (Wildman–Crippen LogP) is 4.30. The molecule has 1 aliphatic heterocycles. The molecule has 0 bridgehead atoms. The fourth-order valence-electron chi connectivity index (χ4n) is 4.24. The first-order valence-electron chi connectivity index (χ1n) is 12.6. The van der Waals surface area contributed by atoms with Gasteiger partial charge in [-0.05, 0) is 82.1 Å². The lowest BCUT2D eigenvalue weighted by Gasteiger charge is -2.24. The summed E-state index contributed by atoms with van der Waals surface area (Å²) < 4.78 is 1.91. The van der Waals surface area contributed by atoms with Gasteiger partial charge in [-0.3, -0.25) is 14.0 Å². The number of likely N-dealkylation sites (tertiary alicyclic amines) is 1. The number of hydrogen-bond acceptors (Lipinski definition) is 5. The SMILES string of the molecule is CC(C)CCN(CCC(C)C)C(=O)c1ccc2nc(O)c(CCCN3CCCC3)n2c1.O=CO. The molecule has 0 spiro atoms. The van der Waals surface area contributed by atoms with Crippen molar-refractivity contribution in [2.75, 3.05) is 32.7 Å². The number of carbonyl (C=O) groups is 2. The van der Waals surface area contributed by atoms with E-state index in [0.29, 0.717) is 23.0 Å². The Hall–Kier alpha value is -2.61. The number of carboxylic acid groups (broad SMARTS) is 1. The summed E-state index contributed by atoms with van der Waals surface area (Å²) in [6, 6.07) is 3.69. The zero-order valence-electron chi connectivity index (χ0n) is 21.2. The van der Waals surface area contributed by atoms with Crippen LogP contribution in [0.1, 0.15) is 75.9 Å². The molecule has 3 heterocycles. The Labute approximate surface area is 203 Å². The summed E-state index contributed by atoms with van der Waals surface area (Å²) in [5.41, 5.74) is 2.17. The largest absolute Gasteiger partial charge is 0.492 e. The van der Waals surface area contributed by atoms with Crippen molar-refractivity contribution in [3.05, 3.63) is 29.6 Å². The first kappa shape index (κ1) is 27.6. The third kappa shape index (κ3) is 8.31. The van der Waals surface area contributed by atoms with Crippen LogP contribution in [-0.2, 0) is 11.2 Å². The smallest absolute Gasteiger partial charge is 0.290 e. The minimum Gasteiger partial charge on any atom is -0.492 e. The van der Waals surface area contributed by atoms with E-state index in [1.54, 1.807) is 0 Å². The number of aryl methyl sites for hydroxylation is 1. The molecular formula is C26H42N4O4. The molecule has 2 aromatic rings. The Morgan fingerprint density at radius 1 is 1.12 bits per heavy atom. The van der Waals surface area contributed by atoms with E-state index in [9.17, 15) is 9.90 Å². The molecule has 0 aliphatic carbocycles. The molecule has 190 valence electrons. The highest BCUT2D eigenvalue weighted by Crippen LogP contribution is 2.22. The minimum absolute atomic E-state index is 0.0689. The highest BCUT2D eigenvalue weighted by molar-refractivity contribution is 5.94. The molecule has 0 aromatic carbocycles. The Bertz CT molecular complexity index is 892. The number of rotatable bonds is 11. The molecule has 3 rings (SSSR count). The first-order chi connectivity index (χ1) is 16.3. The highest BCUT2D eigenvalue weighted by Gasteiger charge is 2.19. The van der Waals surface area contributed by atoms with Gasteiger partial charge in [0, 0.05) is 19.3 Å². The summed E-state index contributed by atoms with van der Waals surface area (Å²) in [4.78, 5) is 30.5. The summed E-state index contributed by atoms with van der Waals surface area (Å²) in [6.45, 7) is 13.5. The summed E-state index contributed by atoms with van der Waals surface area (Å²) in [6.07, 6.45) is 8.18. The average molecular weight is 475 g/mol. The molecule has 8 nitrogen and oxygen atoms in total. The molecule has 0 saturated carbocycles. The van der Waals surface area contributed by atoms with Crippen molar-refractivity contribution in [3.8, 4) is 5.88 Å². The van der Waals surface area contributed by atoms with Gasteiger partial charge in [0.15, 0.2) is 0 Å². The van der Waals surface area contributed by atoms with Crippen LogP contribution >= 0.6 is 0 Å². The van der Waals surface area contributed by atoms with E-state index in [-0.39, 0.29) is 18.3 Å². The van der Waals surface area contributed by atoms with E-state index in [1.165, 1.54) is 25.9 Å². The van der Waals surface area contributed by atoms with Gasteiger partial charge in [0.2, 0.25) is 5.88 Å². The average Bonchev–Trinajstić information content (AvgIpc) is 3.41. The van der Waals surface area contributed by atoms with Crippen molar-refractivity contribution in [1.29, 1.82) is 0 Å². The number of nitrogens with zero attached hydrogens (tertiary/aromatic N) is 4. The number of carbonyl (C=O) groups excluding carboxylic acids is 1. The van der Waals surface area contributed by atoms with Crippen LogP contribution in [0.15, 0.2) is 18.3 Å². The Balaban J connectivity index is 0.00000129. The number of imidazole rings is 1. The van der Waals surface area contributed by atoms with Crippen molar-refractivity contribution in [1.82, 2.24) is 19.2 Å². The molecule has 1 amide bonds. The second kappa shape index (κ2) is 13.9. The lowest BCUT2D eigenvalue weighted by atomic mass is 10.1. The molecule has 1 fully saturated rings. The minimum atomic E-state index is -0.250. The molecule has 1 saturated heterocycles. The lowest BCUT2D eigenvalue weighted by Crippen LogP contribution is -2.34. The van der Waals surface area contributed by atoms with Crippen LogP contribution in [0.4, 0.5) is 0 Å². The van der Waals surface area contributed by atoms with E-state index in [0.717, 1.165) is 51.0 Å². The monoisotopic (exact) mass is 474 g/mol. The van der Waals surface area contributed by atoms with Gasteiger partial charge in [-0.2, -0.15) is 4.98 Å². The van der Waals surface area contributed by atoms with Crippen LogP contribution in [-0.4, -0.2) is 74.5 Å². The van der Waals surface area contributed by atoms with E-state index in [4.69, 9.17) is 9.90 Å². The predicted molar refractivity (Wildman–Crippen MR) is 134 cm³/mol. The van der Waals surface area contributed by atoms with Crippen LogP contribution in [0.5, 0.6) is 5.88 Å². The number of fused-ring (bicyclic) bond motifs is 1. The van der Waals surface area contributed by atoms with Gasteiger partial charge < -0.3 is 20.0 Å². The molecule has 8 heteroatoms. The topological polar surface area (TPSA) is 98.4 Å². The zero-order chi connectivity index (χ0) is 25.1. The van der Waals surface area contributed by atoms with E-state index in [1.807, 2.05) is 27.6 Å². The Kier molecular flexibility index (Phi) is 11.3. The van der Waals surface area contributed by atoms with Crippen molar-refractivity contribution in [3.63, 3.8) is 0 Å². The van der Waals surface area contributed by atoms with E-state index >= 15 is 0 Å². The molecule has 2 N–H and O–H groups in total. The molecule has 1 aliphatic rings. The molecule has 0 unspecified atom stereocenters. The first-order valence-corrected chi connectivity index (χ1v) is 12.6. The number of aromatic hydroxyl groups is 1. The van der Waals surface area contributed by atoms with Gasteiger partial charge in [0.25, 0.3) is 12.4 Å². The summed E-state index contributed by atoms with van der Waals surface area (Å²) >= 11 is 0. The number of aromatic nitrogens is 2. The van der Waals surface area contributed by atoms with Gasteiger partial charge in [-0.1, -0.05) is 27.7 Å². The standard InChI is InChI=1S/C25H40N4O2.CH2O2/c1-19(2)11-16-28(17-12-20(3)4)25(31)21-9-10-23-26-24(30)22(29(23)18-21)8-7-15-27-13-5-6-14-27;2-1-3/h9-10,18-20,30H,5-8,11-17H2,1-4H3;1H,(H,2,3). The van der Waals surface area contributed by atoms with Gasteiger partial charge in [-0.25, -0.2) is 0 Å². The number of amides is 1. The van der Waals surface area contributed by atoms with Crippen molar-refractivity contribution >= 4 is 18.0 Å². The van der Waals surface area contributed by atoms with Gasteiger partial charge in [0.05, 0.1) is 11.3 Å². The van der Waals surface area contributed by atoms with Gasteiger partial charge in [0.1, 0.15) is 5.65 Å². The maximum Gasteiger partial charge on any atom is 0.290 e. The maximum absolute atomic E-state index is 13.3. The Morgan fingerprint density at radius 2 is 1.71 bits per heavy atom. The number of hydrogen-bond donors (Lipinski definition) is 2. The molecule has 2 aromatic heterocycles. The van der Waals surface area contributed by atoms with Crippen molar-refractivity contribution in [2.24, 2.45) is 11.8 Å². The highest BCUT2D eigenvalue weighted by atomic mass is 16.3. The van der Waals surface area contributed by atoms with Crippen LogP contribution < -0.4 is 0 Å². The number of pyridine rings is 1. The maximum atomic E-state index is 13.3. The van der Waals surface area contributed by atoms with Crippen molar-refractivity contribution in [2.45, 2.75) is 66.2 Å². The van der Waals surface area contributed by atoms with Crippen molar-refractivity contribution < 1.29 is 19.8 Å². The quantitative estimate of drug-likeness (QED) is 0.471. The summed E-state index contributed by atoms with van der Waals surface area (Å²) in [5, 5.41) is 17.3. The molecule has 34 heavy (non-hydrogen) atoms.